The molecule has 36 valence electrons. The Hall–Kier alpha value is 0.622. The normalized spacial score (nSPS) is 21.9. The zero-order valence-electron chi connectivity index (χ0n) is 4.28. The van der Waals surface area contributed by atoms with Gasteiger partial charge in [0.1, 0.15) is 0 Å². The summed E-state index contributed by atoms with van der Waals surface area (Å²) >= 11 is 0. The summed E-state index contributed by atoms with van der Waals surface area (Å²) in [7, 11) is 0.576. The summed E-state index contributed by atoms with van der Waals surface area (Å²) in [6, 6.07) is 0. The number of nitrogens with zero attached hydrogens (tertiary/aromatic N) is 1. The molecule has 1 heterocycles. The third-order valence-corrected chi connectivity index (χ3v) is 0.882. The fourth-order valence-electron chi connectivity index (χ4n) is 0.559. The van der Waals surface area contributed by atoms with Gasteiger partial charge in [0.05, 0.1) is 0 Å². The summed E-state index contributed by atoms with van der Waals surface area (Å²) in [5, 5.41) is 0. The van der Waals surface area contributed by atoms with E-state index in [1.807, 2.05) is 0 Å². The van der Waals surface area contributed by atoms with Crippen LogP contribution in [0.1, 0.15) is 12.8 Å². The number of hydrogen-bond donors (Lipinski definition) is 0. The maximum Gasteiger partial charge on any atom is 1.00 e. The molecular formula is C4H11BLiN. The summed E-state index contributed by atoms with van der Waals surface area (Å²) in [5.74, 6) is 0. The van der Waals surface area contributed by atoms with E-state index in [4.69, 9.17) is 0 Å². The molecule has 0 aromatic rings. The van der Waals surface area contributed by atoms with Crippen molar-refractivity contribution in [3.8, 4) is 0 Å². The summed E-state index contributed by atoms with van der Waals surface area (Å²) in [4.78, 5) is 2.61. The third kappa shape index (κ3) is 2.44. The van der Waals surface area contributed by atoms with Crippen LogP contribution < -0.4 is 18.9 Å². The van der Waals surface area contributed by atoms with Gasteiger partial charge in [0.15, 0.2) is 0 Å². The van der Waals surface area contributed by atoms with E-state index >= 15 is 0 Å². The minimum absolute atomic E-state index is 0. The molecule has 0 saturated carbocycles. The predicted octanol–water partition coefficient (Wildman–Crippen LogP) is -3.63. The van der Waals surface area contributed by atoms with E-state index in [9.17, 15) is 0 Å². The minimum atomic E-state index is 0. The number of hydrogen-bond acceptors (Lipinski definition) is 1. The zero-order chi connectivity index (χ0) is 4.41. The Kier molecular flexibility index (Phi) is 3.92. The Labute approximate surface area is 58.1 Å². The Bertz CT molecular complexity index is 45.0. The average Bonchev–Trinajstić information content (AvgIpc) is 1.86. The molecule has 3 heteroatoms. The summed E-state index contributed by atoms with van der Waals surface area (Å²) in [6.07, 6.45) is 2.95. The van der Waals surface area contributed by atoms with E-state index in [0.29, 0.717) is 7.98 Å². The molecular weight excluding hydrogens is 79.8 g/mol. The van der Waals surface area contributed by atoms with Gasteiger partial charge in [-0.05, 0) is 25.9 Å². The molecule has 0 atom stereocenters. The van der Waals surface area contributed by atoms with Crippen LogP contribution in [0.5, 0.6) is 0 Å². The topological polar surface area (TPSA) is 3.24 Å². The van der Waals surface area contributed by atoms with E-state index in [0.717, 1.165) is 0 Å². The Balaban J connectivity index is 0.000000360. The summed E-state index contributed by atoms with van der Waals surface area (Å²) in [5.41, 5.74) is 0. The van der Waals surface area contributed by atoms with Crippen LogP contribution in [0.25, 0.3) is 0 Å². The standard InChI is InChI=1S/C4H11BN.Li/c5-6-3-1-2-4-6;/h1-4H2,5H3;/q-1;+1. The first-order chi connectivity index (χ1) is 2.89. The van der Waals surface area contributed by atoms with Crippen molar-refractivity contribution in [1.82, 2.24) is 4.81 Å². The van der Waals surface area contributed by atoms with Crippen molar-refractivity contribution in [3.05, 3.63) is 0 Å². The number of rotatable bonds is 0. The first-order valence-corrected chi connectivity index (χ1v) is 2.13. The summed E-state index contributed by atoms with van der Waals surface area (Å²) < 4.78 is 0. The van der Waals surface area contributed by atoms with Crippen molar-refractivity contribution in [2.75, 3.05) is 13.1 Å². The maximum atomic E-state index is 2.61. The molecule has 1 nitrogen and oxygen atoms in total. The second-order valence-electron chi connectivity index (χ2n) is 1.38. The molecule has 1 fully saturated rings. The molecule has 1 saturated heterocycles. The van der Waals surface area contributed by atoms with Crippen molar-refractivity contribution in [2.45, 2.75) is 12.8 Å². The van der Waals surface area contributed by atoms with Gasteiger partial charge in [0, 0.05) is 7.98 Å². The van der Waals surface area contributed by atoms with Crippen molar-refractivity contribution >= 4 is 7.98 Å². The zero-order valence-corrected chi connectivity index (χ0v) is 4.28. The van der Waals surface area contributed by atoms with Gasteiger partial charge in [-0.2, -0.15) is 0 Å². The van der Waals surface area contributed by atoms with E-state index in [-0.39, 0.29) is 18.9 Å². The van der Waals surface area contributed by atoms with Gasteiger partial charge in [-0.15, -0.1) is 0 Å². The molecule has 0 radical (unpaired) electrons. The Morgan fingerprint density at radius 1 is 1.14 bits per heavy atom. The molecule has 1 aliphatic heterocycles. The molecule has 7 heavy (non-hydrogen) atoms. The quantitative estimate of drug-likeness (QED) is 0.278. The van der Waals surface area contributed by atoms with Crippen molar-refractivity contribution in [3.63, 3.8) is 0 Å². The van der Waals surface area contributed by atoms with Gasteiger partial charge in [-0.25, -0.2) is 0 Å². The monoisotopic (exact) mass is 91.1 g/mol. The Morgan fingerprint density at radius 2 is 1.57 bits per heavy atom. The predicted molar refractivity (Wildman–Crippen MR) is 30.7 cm³/mol. The average molecular weight is 90.9 g/mol. The SMILES string of the molecule is [BH3-]N1CCCC1.[Li+]. The van der Waals surface area contributed by atoms with E-state index in [1.165, 1.54) is 25.9 Å². The van der Waals surface area contributed by atoms with E-state index in [1.54, 1.807) is 0 Å². The van der Waals surface area contributed by atoms with Gasteiger partial charge in [0.2, 0.25) is 0 Å². The molecule has 0 N–H and O–H groups in total. The van der Waals surface area contributed by atoms with Gasteiger partial charge in [-0.1, -0.05) is 0 Å². The van der Waals surface area contributed by atoms with E-state index in [2.05, 4.69) is 4.81 Å². The van der Waals surface area contributed by atoms with Crippen LogP contribution in [-0.2, 0) is 0 Å². The smallest absolute Gasteiger partial charge is 0.484 e. The van der Waals surface area contributed by atoms with Crippen LogP contribution >= 0.6 is 0 Å². The molecule has 0 spiro atoms. The van der Waals surface area contributed by atoms with Gasteiger partial charge in [-0.3, -0.25) is 0 Å². The van der Waals surface area contributed by atoms with Crippen LogP contribution in [0, 0.1) is 0 Å². The maximum absolute atomic E-state index is 2.61. The molecule has 0 aromatic heterocycles. The van der Waals surface area contributed by atoms with Gasteiger partial charge < -0.3 is 4.81 Å². The third-order valence-electron chi connectivity index (χ3n) is 0.882. The van der Waals surface area contributed by atoms with Crippen LogP contribution in [0.3, 0.4) is 0 Å². The molecule has 0 amide bonds. The summed E-state index contributed by atoms with van der Waals surface area (Å²) in [6.45, 7) is 2.86. The second-order valence-corrected chi connectivity index (χ2v) is 1.38. The molecule has 0 aromatic carbocycles. The van der Waals surface area contributed by atoms with Crippen LogP contribution in [-0.4, -0.2) is 25.9 Å². The van der Waals surface area contributed by atoms with E-state index < -0.39 is 0 Å². The van der Waals surface area contributed by atoms with Crippen LogP contribution in [0.4, 0.5) is 0 Å². The van der Waals surface area contributed by atoms with Crippen molar-refractivity contribution in [1.29, 1.82) is 0 Å². The molecule has 0 aliphatic carbocycles. The first-order valence-electron chi connectivity index (χ1n) is 2.13. The van der Waals surface area contributed by atoms with Crippen molar-refractivity contribution < 1.29 is 18.9 Å². The largest absolute Gasteiger partial charge is 1.00 e. The fourth-order valence-corrected chi connectivity index (χ4v) is 0.559. The first kappa shape index (κ1) is 7.62. The van der Waals surface area contributed by atoms with Crippen LogP contribution in [0.15, 0.2) is 0 Å². The van der Waals surface area contributed by atoms with Crippen LogP contribution in [0.2, 0.25) is 0 Å². The molecule has 0 unspecified atom stereocenters. The van der Waals surface area contributed by atoms with Gasteiger partial charge >= 0.3 is 18.9 Å². The minimum Gasteiger partial charge on any atom is -0.484 e. The molecule has 0 bridgehead atoms. The van der Waals surface area contributed by atoms with Crippen molar-refractivity contribution in [2.24, 2.45) is 0 Å². The molecule has 1 rings (SSSR count). The molecule has 1 aliphatic rings. The second kappa shape index (κ2) is 3.60. The Morgan fingerprint density at radius 3 is 1.71 bits per heavy atom. The fraction of sp³-hybridized carbons (Fsp3) is 1.00. The van der Waals surface area contributed by atoms with Gasteiger partial charge in [0.25, 0.3) is 0 Å².